The first-order valence-electron chi connectivity index (χ1n) is 10.9. The molecule has 0 spiro atoms. The molecule has 1 aliphatic rings. The van der Waals surface area contributed by atoms with Gasteiger partial charge in [-0.2, -0.15) is 4.31 Å². The molecule has 0 bridgehead atoms. The van der Waals surface area contributed by atoms with Gasteiger partial charge in [0.2, 0.25) is 10.0 Å². The van der Waals surface area contributed by atoms with Crippen molar-refractivity contribution >= 4 is 37.5 Å². The summed E-state index contributed by atoms with van der Waals surface area (Å²) in [4.78, 5) is 20.1. The number of rotatable bonds is 5. The largest absolute Gasteiger partial charge is 0.497 e. The van der Waals surface area contributed by atoms with E-state index in [0.717, 1.165) is 20.8 Å². The number of aromatic nitrogens is 1. The third kappa shape index (κ3) is 4.18. The summed E-state index contributed by atoms with van der Waals surface area (Å²) in [6.45, 7) is 1.12. The molecule has 0 atom stereocenters. The van der Waals surface area contributed by atoms with Gasteiger partial charge in [0.15, 0.2) is 0 Å². The Morgan fingerprint density at radius 3 is 2.29 bits per heavy atom. The number of carbonyl (C=O) groups excluding carboxylic acids is 1. The smallest absolute Gasteiger partial charge is 0.254 e. The zero-order chi connectivity index (χ0) is 23.7. The zero-order valence-corrected chi connectivity index (χ0v) is 20.2. The highest BCUT2D eigenvalue weighted by Gasteiger charge is 2.31. The summed E-state index contributed by atoms with van der Waals surface area (Å²) >= 11 is 1.55. The van der Waals surface area contributed by atoms with Crippen molar-refractivity contribution in [3.63, 3.8) is 0 Å². The minimum Gasteiger partial charge on any atom is -0.497 e. The van der Waals surface area contributed by atoms with Crippen LogP contribution in [-0.2, 0) is 10.0 Å². The van der Waals surface area contributed by atoms with Gasteiger partial charge in [0.05, 0.1) is 22.2 Å². The van der Waals surface area contributed by atoms with E-state index in [4.69, 9.17) is 9.72 Å². The molecule has 34 heavy (non-hydrogen) atoms. The van der Waals surface area contributed by atoms with Crippen molar-refractivity contribution in [1.29, 1.82) is 0 Å². The highest BCUT2D eigenvalue weighted by atomic mass is 32.2. The van der Waals surface area contributed by atoms with Crippen molar-refractivity contribution in [2.75, 3.05) is 33.3 Å². The van der Waals surface area contributed by atoms with E-state index < -0.39 is 10.0 Å². The van der Waals surface area contributed by atoms with Gasteiger partial charge in [-0.25, -0.2) is 13.4 Å². The Hall–Kier alpha value is -3.27. The first-order chi connectivity index (χ1) is 16.5. The molecule has 1 fully saturated rings. The Morgan fingerprint density at radius 2 is 1.59 bits per heavy atom. The van der Waals surface area contributed by atoms with Crippen LogP contribution in [0.25, 0.3) is 20.8 Å². The number of amides is 1. The van der Waals surface area contributed by atoms with Gasteiger partial charge in [-0.1, -0.05) is 30.3 Å². The number of hydrogen-bond acceptors (Lipinski definition) is 6. The molecule has 0 saturated carbocycles. The predicted molar refractivity (Wildman–Crippen MR) is 133 cm³/mol. The monoisotopic (exact) mass is 493 g/mol. The molecule has 1 saturated heterocycles. The third-order valence-electron chi connectivity index (χ3n) is 5.90. The van der Waals surface area contributed by atoms with Crippen LogP contribution < -0.4 is 4.74 Å². The number of para-hydroxylation sites is 1. The van der Waals surface area contributed by atoms with E-state index in [1.165, 1.54) is 11.4 Å². The lowest BCUT2D eigenvalue weighted by Gasteiger charge is -2.34. The fourth-order valence-corrected chi connectivity index (χ4v) is 6.47. The van der Waals surface area contributed by atoms with Crippen LogP contribution in [0.15, 0.2) is 77.7 Å². The molecule has 0 radical (unpaired) electrons. The van der Waals surface area contributed by atoms with E-state index in [1.807, 2.05) is 48.5 Å². The molecule has 174 valence electrons. The maximum atomic E-state index is 13.4. The topological polar surface area (TPSA) is 79.8 Å². The number of thiazole rings is 1. The van der Waals surface area contributed by atoms with Gasteiger partial charge in [-0.05, 0) is 42.5 Å². The van der Waals surface area contributed by atoms with Crippen molar-refractivity contribution in [3.8, 4) is 16.3 Å². The van der Waals surface area contributed by atoms with Gasteiger partial charge in [0.25, 0.3) is 5.91 Å². The number of sulfonamides is 1. The number of ether oxygens (including phenoxy) is 1. The Morgan fingerprint density at radius 1 is 0.912 bits per heavy atom. The lowest BCUT2D eigenvalue weighted by molar-refractivity contribution is 0.0698. The van der Waals surface area contributed by atoms with Gasteiger partial charge in [0, 0.05) is 37.3 Å². The fourth-order valence-electron chi connectivity index (χ4n) is 4.04. The summed E-state index contributed by atoms with van der Waals surface area (Å²) in [7, 11) is -2.10. The van der Waals surface area contributed by atoms with Crippen molar-refractivity contribution in [2.45, 2.75) is 4.90 Å². The number of fused-ring (bicyclic) bond motifs is 1. The SMILES string of the molecule is COc1ccc(S(=O)(=O)N2CCN(C(=O)c3ccccc3-c3nc4ccccc4s3)CC2)cc1. The van der Waals surface area contributed by atoms with Crippen molar-refractivity contribution in [1.82, 2.24) is 14.2 Å². The maximum Gasteiger partial charge on any atom is 0.254 e. The molecular formula is C25H23N3O4S2. The minimum absolute atomic E-state index is 0.114. The van der Waals surface area contributed by atoms with E-state index in [0.29, 0.717) is 24.4 Å². The standard InChI is InChI=1S/C25H23N3O4S2/c1-32-18-10-12-19(13-11-18)34(30,31)28-16-14-27(15-17-28)25(29)21-7-3-2-6-20(21)24-26-22-8-4-5-9-23(22)33-24/h2-13H,14-17H2,1H3. The van der Waals surface area contributed by atoms with E-state index in [-0.39, 0.29) is 23.9 Å². The Bertz CT molecular complexity index is 1410. The average Bonchev–Trinajstić information content (AvgIpc) is 3.33. The molecular weight excluding hydrogens is 470 g/mol. The van der Waals surface area contributed by atoms with Crippen LogP contribution in [0.4, 0.5) is 0 Å². The number of piperazine rings is 1. The first-order valence-corrected chi connectivity index (χ1v) is 13.1. The Balaban J connectivity index is 1.34. The van der Waals surface area contributed by atoms with Crippen LogP contribution in [0.5, 0.6) is 5.75 Å². The summed E-state index contributed by atoms with van der Waals surface area (Å²) in [5.41, 5.74) is 2.28. The number of methoxy groups -OCH3 is 1. The number of benzene rings is 3. The molecule has 4 aromatic rings. The van der Waals surface area contributed by atoms with Crippen LogP contribution in [0.2, 0.25) is 0 Å². The molecule has 0 unspecified atom stereocenters. The van der Waals surface area contributed by atoms with Crippen LogP contribution in [0.3, 0.4) is 0 Å². The molecule has 1 amide bonds. The number of nitrogens with zero attached hydrogens (tertiary/aromatic N) is 3. The Labute approximate surface area is 202 Å². The Kier molecular flexibility index (Phi) is 6.07. The molecule has 0 N–H and O–H groups in total. The van der Waals surface area contributed by atoms with E-state index in [1.54, 1.807) is 40.5 Å². The first kappa shape index (κ1) is 22.5. The van der Waals surface area contributed by atoms with E-state index in [9.17, 15) is 13.2 Å². The highest BCUT2D eigenvalue weighted by molar-refractivity contribution is 7.89. The van der Waals surface area contributed by atoms with Gasteiger partial charge >= 0.3 is 0 Å². The second-order valence-electron chi connectivity index (χ2n) is 7.90. The van der Waals surface area contributed by atoms with Crippen molar-refractivity contribution in [2.24, 2.45) is 0 Å². The highest BCUT2D eigenvalue weighted by Crippen LogP contribution is 2.33. The molecule has 3 aromatic carbocycles. The van der Waals surface area contributed by atoms with Gasteiger partial charge < -0.3 is 9.64 Å². The van der Waals surface area contributed by atoms with Gasteiger partial charge in [-0.3, -0.25) is 4.79 Å². The van der Waals surface area contributed by atoms with Gasteiger partial charge in [0.1, 0.15) is 10.8 Å². The fraction of sp³-hybridized carbons (Fsp3) is 0.200. The van der Waals surface area contributed by atoms with Crippen LogP contribution in [-0.4, -0.2) is 61.8 Å². The number of hydrogen-bond donors (Lipinski definition) is 0. The van der Waals surface area contributed by atoms with Crippen LogP contribution >= 0.6 is 11.3 Å². The second kappa shape index (κ2) is 9.17. The molecule has 5 rings (SSSR count). The molecule has 9 heteroatoms. The molecule has 1 aliphatic heterocycles. The lowest BCUT2D eigenvalue weighted by atomic mass is 10.1. The van der Waals surface area contributed by atoms with E-state index in [2.05, 4.69) is 0 Å². The van der Waals surface area contributed by atoms with Crippen LogP contribution in [0.1, 0.15) is 10.4 Å². The van der Waals surface area contributed by atoms with Crippen LogP contribution in [0, 0.1) is 0 Å². The summed E-state index contributed by atoms with van der Waals surface area (Å²) < 4.78 is 33.7. The maximum absolute atomic E-state index is 13.4. The molecule has 0 aliphatic carbocycles. The summed E-state index contributed by atoms with van der Waals surface area (Å²) in [6, 6.07) is 21.7. The lowest BCUT2D eigenvalue weighted by Crippen LogP contribution is -2.50. The average molecular weight is 494 g/mol. The van der Waals surface area contributed by atoms with Gasteiger partial charge in [-0.15, -0.1) is 11.3 Å². The molecule has 2 heterocycles. The zero-order valence-electron chi connectivity index (χ0n) is 18.5. The van der Waals surface area contributed by atoms with Crippen molar-refractivity contribution in [3.05, 3.63) is 78.4 Å². The molecule has 7 nitrogen and oxygen atoms in total. The molecule has 1 aromatic heterocycles. The quantitative estimate of drug-likeness (QED) is 0.418. The number of carbonyl (C=O) groups is 1. The third-order valence-corrected chi connectivity index (χ3v) is 8.89. The minimum atomic E-state index is -3.64. The second-order valence-corrected chi connectivity index (χ2v) is 10.9. The van der Waals surface area contributed by atoms with Crippen molar-refractivity contribution < 1.29 is 17.9 Å². The predicted octanol–water partition coefficient (Wildman–Crippen LogP) is 4.12. The normalized spacial score (nSPS) is 14.9. The summed E-state index contributed by atoms with van der Waals surface area (Å²) in [6.07, 6.45) is 0. The summed E-state index contributed by atoms with van der Waals surface area (Å²) in [5, 5.41) is 0.797. The summed E-state index contributed by atoms with van der Waals surface area (Å²) in [5.74, 6) is 0.484. The van der Waals surface area contributed by atoms with E-state index >= 15 is 0 Å².